The third-order valence-corrected chi connectivity index (χ3v) is 7.42. The second kappa shape index (κ2) is 6.41. The fraction of sp³-hybridized carbons (Fsp3) is 0.545. The molecule has 5 rings (SSSR count). The smallest absolute Gasteiger partial charge is 0.341 e. The van der Waals surface area contributed by atoms with Crippen LogP contribution in [0.3, 0.4) is 0 Å². The van der Waals surface area contributed by atoms with Crippen LogP contribution >= 0.6 is 0 Å². The number of carboxylic acids is 1. The summed E-state index contributed by atoms with van der Waals surface area (Å²) in [6, 6.07) is -0.596. The van der Waals surface area contributed by atoms with Gasteiger partial charge in [-0.2, -0.15) is 0 Å². The lowest BCUT2D eigenvalue weighted by Gasteiger charge is -2.26. The number of halogens is 2. The highest BCUT2D eigenvalue weighted by molar-refractivity contribution is 6.01. The number of carbonyl (C=O) groups is 1. The van der Waals surface area contributed by atoms with Crippen molar-refractivity contribution in [3.8, 4) is 0 Å². The van der Waals surface area contributed by atoms with Gasteiger partial charge in [0.1, 0.15) is 11.7 Å². The minimum absolute atomic E-state index is 0.195. The maximum absolute atomic E-state index is 15.6. The molecular formula is C22H26F2N4O3. The number of nitrogens with zero attached hydrogens (tertiary/aromatic N) is 2. The van der Waals surface area contributed by atoms with E-state index in [-0.39, 0.29) is 34.9 Å². The Morgan fingerprint density at radius 3 is 2.52 bits per heavy atom. The van der Waals surface area contributed by atoms with Crippen molar-refractivity contribution < 1.29 is 18.7 Å². The van der Waals surface area contributed by atoms with Crippen LogP contribution < -0.4 is 21.8 Å². The van der Waals surface area contributed by atoms with Crippen molar-refractivity contribution >= 4 is 28.2 Å². The number of rotatable bonds is 4. The molecule has 2 aromatic rings. The number of alkyl halides is 1. The first-order valence-electron chi connectivity index (χ1n) is 10.6. The zero-order valence-corrected chi connectivity index (χ0v) is 17.5. The molecule has 2 heterocycles. The van der Waals surface area contributed by atoms with Crippen molar-refractivity contribution in [1.29, 1.82) is 0 Å². The summed E-state index contributed by atoms with van der Waals surface area (Å²) in [5.41, 5.74) is 11.6. The predicted octanol–water partition coefficient (Wildman–Crippen LogP) is 2.58. The Morgan fingerprint density at radius 1 is 1.32 bits per heavy atom. The molecule has 0 spiro atoms. The van der Waals surface area contributed by atoms with Crippen LogP contribution in [0.1, 0.15) is 48.1 Å². The number of nitrogen functional groups attached to an aromatic ring is 1. The van der Waals surface area contributed by atoms with E-state index in [1.54, 1.807) is 6.92 Å². The molecule has 0 unspecified atom stereocenters. The summed E-state index contributed by atoms with van der Waals surface area (Å²) >= 11 is 0. The summed E-state index contributed by atoms with van der Waals surface area (Å²) in [4.78, 5) is 26.4. The van der Waals surface area contributed by atoms with Gasteiger partial charge in [0.15, 0.2) is 5.82 Å². The third-order valence-electron chi connectivity index (χ3n) is 7.42. The van der Waals surface area contributed by atoms with E-state index in [1.807, 2.05) is 4.90 Å². The third kappa shape index (κ3) is 2.86. The number of nitrogens with two attached hydrogens (primary N) is 2. The molecule has 3 fully saturated rings. The fourth-order valence-electron chi connectivity index (χ4n) is 5.42. The second-order valence-corrected chi connectivity index (χ2v) is 9.55. The largest absolute Gasteiger partial charge is 0.477 e. The summed E-state index contributed by atoms with van der Waals surface area (Å²) in [5.74, 6) is -1.71. The lowest BCUT2D eigenvalue weighted by molar-refractivity contribution is 0.0694. The van der Waals surface area contributed by atoms with Crippen LogP contribution in [0.15, 0.2) is 11.0 Å². The molecule has 0 amide bonds. The molecular weight excluding hydrogens is 406 g/mol. The number of aryl methyl sites for hydroxylation is 1. The van der Waals surface area contributed by atoms with Gasteiger partial charge < -0.3 is 26.0 Å². The Hall–Kier alpha value is -2.68. The Morgan fingerprint density at radius 2 is 1.97 bits per heavy atom. The predicted molar refractivity (Wildman–Crippen MR) is 114 cm³/mol. The molecule has 1 aromatic heterocycles. The van der Waals surface area contributed by atoms with Gasteiger partial charge >= 0.3 is 5.97 Å². The Balaban J connectivity index is 1.74. The van der Waals surface area contributed by atoms with Gasteiger partial charge in [-0.1, -0.05) is 6.92 Å². The lowest BCUT2D eigenvalue weighted by Crippen LogP contribution is -2.37. The highest BCUT2D eigenvalue weighted by Crippen LogP contribution is 2.49. The van der Waals surface area contributed by atoms with Gasteiger partial charge in [0, 0.05) is 31.2 Å². The minimum atomic E-state index is -1.45. The summed E-state index contributed by atoms with van der Waals surface area (Å²) in [7, 11) is 0. The van der Waals surface area contributed by atoms with Crippen molar-refractivity contribution in [2.24, 2.45) is 17.6 Å². The van der Waals surface area contributed by atoms with Gasteiger partial charge in [-0.05, 0) is 37.2 Å². The van der Waals surface area contributed by atoms with E-state index in [2.05, 4.69) is 6.92 Å². The molecule has 0 bridgehead atoms. The van der Waals surface area contributed by atoms with Crippen LogP contribution in [-0.4, -0.2) is 40.4 Å². The first kappa shape index (κ1) is 20.2. The Bertz CT molecular complexity index is 1190. The molecule has 0 radical (unpaired) electrons. The average molecular weight is 432 g/mol. The van der Waals surface area contributed by atoms with E-state index in [1.165, 1.54) is 10.8 Å². The van der Waals surface area contributed by atoms with Gasteiger partial charge in [0.2, 0.25) is 5.43 Å². The molecule has 5 N–H and O–H groups in total. The molecule has 166 valence electrons. The number of pyridine rings is 1. The summed E-state index contributed by atoms with van der Waals surface area (Å²) in [6.45, 7) is 4.95. The number of benzene rings is 1. The molecule has 1 aliphatic heterocycles. The van der Waals surface area contributed by atoms with E-state index in [9.17, 15) is 19.1 Å². The molecule has 4 atom stereocenters. The summed E-state index contributed by atoms with van der Waals surface area (Å²) in [5, 5.41) is 9.26. The zero-order chi connectivity index (χ0) is 22.4. The summed E-state index contributed by atoms with van der Waals surface area (Å²) < 4.78 is 31.0. The van der Waals surface area contributed by atoms with E-state index in [0.29, 0.717) is 24.2 Å². The first-order chi connectivity index (χ1) is 14.5. The Kier molecular flexibility index (Phi) is 4.19. The SMILES string of the molecule is Cc1c(N2C[C@H](C)[C@@H](C3(N)CC3)C2)c(F)c(N)c2c(=O)c(C(=O)O)cn([C@@H]3C[C@@H]3F)c12. The summed E-state index contributed by atoms with van der Waals surface area (Å²) in [6.07, 6.45) is 2.13. The number of hydrogen-bond acceptors (Lipinski definition) is 5. The standard InChI is InChI=1S/C22H26F2N4O3/c1-9-6-27(8-12(9)22(26)3-4-22)19-10(2)18-15(17(25)16(19)24)20(29)11(21(30)31)7-28(18)14-5-13(14)23/h7,9,12-14H,3-6,8,25-26H2,1-2H3,(H,30,31)/t9-,12-,13-,14+/m0/s1. The average Bonchev–Trinajstić information content (AvgIpc) is 3.58. The van der Waals surface area contributed by atoms with Crippen LogP contribution in [0.4, 0.5) is 20.2 Å². The number of aromatic carboxylic acids is 1. The van der Waals surface area contributed by atoms with Crippen molar-refractivity contribution in [3.63, 3.8) is 0 Å². The van der Waals surface area contributed by atoms with Crippen LogP contribution in [0.5, 0.6) is 0 Å². The van der Waals surface area contributed by atoms with E-state index >= 15 is 4.39 Å². The van der Waals surface area contributed by atoms with Crippen LogP contribution in [-0.2, 0) is 0 Å². The van der Waals surface area contributed by atoms with Crippen LogP contribution in [0.25, 0.3) is 10.9 Å². The number of aromatic nitrogens is 1. The highest BCUT2D eigenvalue weighted by Gasteiger charge is 2.51. The molecule has 1 aromatic carbocycles. The van der Waals surface area contributed by atoms with Crippen molar-refractivity contribution in [1.82, 2.24) is 4.57 Å². The van der Waals surface area contributed by atoms with Crippen molar-refractivity contribution in [2.75, 3.05) is 23.7 Å². The van der Waals surface area contributed by atoms with Gasteiger partial charge in [-0.15, -0.1) is 0 Å². The lowest BCUT2D eigenvalue weighted by atomic mass is 9.89. The molecule has 2 saturated carbocycles. The van der Waals surface area contributed by atoms with Gasteiger partial charge in [0.25, 0.3) is 0 Å². The van der Waals surface area contributed by atoms with Gasteiger partial charge in [-0.3, -0.25) is 4.79 Å². The monoisotopic (exact) mass is 432 g/mol. The van der Waals surface area contributed by atoms with Crippen molar-refractivity contribution in [3.05, 3.63) is 33.4 Å². The fourth-order valence-corrected chi connectivity index (χ4v) is 5.42. The molecule has 1 saturated heterocycles. The quantitative estimate of drug-likeness (QED) is 0.640. The number of fused-ring (bicyclic) bond motifs is 1. The van der Waals surface area contributed by atoms with E-state index < -0.39 is 40.7 Å². The maximum atomic E-state index is 15.6. The molecule has 2 aliphatic carbocycles. The molecule has 9 heteroatoms. The maximum Gasteiger partial charge on any atom is 0.341 e. The van der Waals surface area contributed by atoms with Crippen molar-refractivity contribution in [2.45, 2.75) is 50.9 Å². The minimum Gasteiger partial charge on any atom is -0.477 e. The van der Waals surface area contributed by atoms with Crippen LogP contribution in [0.2, 0.25) is 0 Å². The topological polar surface area (TPSA) is 115 Å². The van der Waals surface area contributed by atoms with Gasteiger partial charge in [-0.25, -0.2) is 13.6 Å². The second-order valence-electron chi connectivity index (χ2n) is 9.55. The van der Waals surface area contributed by atoms with Gasteiger partial charge in [0.05, 0.1) is 28.3 Å². The Labute approximate surface area is 177 Å². The number of anilines is 2. The zero-order valence-electron chi connectivity index (χ0n) is 17.5. The number of carboxylic acid groups (broad SMARTS) is 1. The number of hydrogen-bond donors (Lipinski definition) is 3. The molecule has 3 aliphatic rings. The molecule has 31 heavy (non-hydrogen) atoms. The van der Waals surface area contributed by atoms with E-state index in [4.69, 9.17) is 11.5 Å². The van der Waals surface area contributed by atoms with Crippen LogP contribution in [0, 0.1) is 24.6 Å². The molecule has 7 nitrogen and oxygen atoms in total. The normalized spacial score (nSPS) is 28.9. The van der Waals surface area contributed by atoms with E-state index in [0.717, 1.165) is 12.8 Å². The first-order valence-corrected chi connectivity index (χ1v) is 10.6. The highest BCUT2D eigenvalue weighted by atomic mass is 19.1.